The van der Waals surface area contributed by atoms with Gasteiger partial charge in [0.2, 0.25) is 10.5 Å². The molecule has 1 rings (SSSR count). The average molecular weight is 194 g/mol. The lowest BCUT2D eigenvalue weighted by atomic mass is 9.97. The lowest BCUT2D eigenvalue weighted by Gasteiger charge is -2.12. The monoisotopic (exact) mass is 194 g/mol. The summed E-state index contributed by atoms with van der Waals surface area (Å²) in [6.45, 7) is 3.88. The van der Waals surface area contributed by atoms with Crippen molar-refractivity contribution in [1.82, 2.24) is 0 Å². The van der Waals surface area contributed by atoms with E-state index in [0.29, 0.717) is 10.5 Å². The fourth-order valence-electron chi connectivity index (χ4n) is 1.38. The molecule has 0 bridgehead atoms. The average Bonchev–Trinajstić information content (AvgIpc) is 2.16. The fourth-order valence-corrected chi connectivity index (χ4v) is 1.73. The lowest BCUT2D eigenvalue weighted by molar-refractivity contribution is -0.135. The first-order valence-corrected chi connectivity index (χ1v) is 5.12. The summed E-state index contributed by atoms with van der Waals surface area (Å²) >= 11 is 0. The van der Waals surface area contributed by atoms with Gasteiger partial charge in [0, 0.05) is 0 Å². The van der Waals surface area contributed by atoms with Crippen LogP contribution in [0.1, 0.15) is 24.0 Å². The van der Waals surface area contributed by atoms with Crippen molar-refractivity contribution in [2.45, 2.75) is 19.8 Å². The number of benzene rings is 1. The molecule has 3 heteroatoms. The van der Waals surface area contributed by atoms with E-state index in [1.807, 2.05) is 38.1 Å². The summed E-state index contributed by atoms with van der Waals surface area (Å²) in [4.78, 5) is 11.3. The maximum absolute atomic E-state index is 11.3. The van der Waals surface area contributed by atoms with Crippen molar-refractivity contribution < 1.29 is 9.22 Å². The molecular formula is C10H14O2Si. The van der Waals surface area contributed by atoms with Gasteiger partial charge in [0.15, 0.2) is 0 Å². The molecule has 1 atom stereocenters. The molecule has 2 nitrogen and oxygen atoms in total. The normalized spacial score (nSPS) is 12.5. The van der Waals surface area contributed by atoms with E-state index in [1.54, 1.807) is 0 Å². The van der Waals surface area contributed by atoms with E-state index in [1.165, 1.54) is 0 Å². The molecule has 70 valence electrons. The van der Waals surface area contributed by atoms with E-state index in [9.17, 15) is 4.79 Å². The van der Waals surface area contributed by atoms with Gasteiger partial charge in [0.05, 0.1) is 5.92 Å². The van der Waals surface area contributed by atoms with E-state index >= 15 is 0 Å². The fraction of sp³-hybridized carbons (Fsp3) is 0.300. The second kappa shape index (κ2) is 4.23. The number of hydrogen-bond acceptors (Lipinski definition) is 2. The van der Waals surface area contributed by atoms with Crippen LogP contribution in [0.3, 0.4) is 0 Å². The Morgan fingerprint density at radius 2 is 2.08 bits per heavy atom. The molecule has 0 saturated carbocycles. The molecule has 13 heavy (non-hydrogen) atoms. The minimum atomic E-state index is -0.140. The van der Waals surface area contributed by atoms with Gasteiger partial charge in [-0.05, 0) is 25.0 Å². The zero-order valence-electron chi connectivity index (χ0n) is 8.20. The summed E-state index contributed by atoms with van der Waals surface area (Å²) < 4.78 is 4.82. The Hall–Kier alpha value is -1.09. The molecule has 1 aromatic rings. The Bertz CT molecular complexity index is 310. The summed E-state index contributed by atoms with van der Waals surface area (Å²) in [6, 6.07) is 7.89. The first-order chi connectivity index (χ1) is 6.16. The minimum Gasteiger partial charge on any atom is -0.528 e. The van der Waals surface area contributed by atoms with Crippen LogP contribution in [0.5, 0.6) is 0 Å². The van der Waals surface area contributed by atoms with Gasteiger partial charge in [-0.3, -0.25) is 4.79 Å². The standard InChI is InChI=1S/C10H14O2Si/c1-7-5-3-4-6-9(7)8(2)10(11)12-13/h3-6,8H,1-2,13H3. The highest BCUT2D eigenvalue weighted by molar-refractivity contribution is 6.06. The Morgan fingerprint density at radius 3 is 2.62 bits per heavy atom. The Balaban J connectivity index is 2.95. The minimum absolute atomic E-state index is 0.124. The predicted molar refractivity (Wildman–Crippen MR) is 55.6 cm³/mol. The van der Waals surface area contributed by atoms with Crippen LogP contribution >= 0.6 is 0 Å². The first kappa shape index (κ1) is 9.99. The summed E-state index contributed by atoms with van der Waals surface area (Å²) in [6.07, 6.45) is 0. The first-order valence-electron chi connectivity index (χ1n) is 4.30. The molecule has 0 aliphatic rings. The highest BCUT2D eigenvalue weighted by Crippen LogP contribution is 2.19. The predicted octanol–water partition coefficient (Wildman–Crippen LogP) is 0.922. The van der Waals surface area contributed by atoms with Crippen LogP contribution in [0.2, 0.25) is 0 Å². The Morgan fingerprint density at radius 1 is 1.46 bits per heavy atom. The molecule has 1 aromatic carbocycles. The highest BCUT2D eigenvalue weighted by Gasteiger charge is 2.15. The number of carbonyl (C=O) groups is 1. The zero-order valence-corrected chi connectivity index (χ0v) is 10.2. The van der Waals surface area contributed by atoms with Crippen molar-refractivity contribution in [3.63, 3.8) is 0 Å². The van der Waals surface area contributed by atoms with E-state index in [-0.39, 0.29) is 11.9 Å². The van der Waals surface area contributed by atoms with Crippen LogP contribution in [0.25, 0.3) is 0 Å². The van der Waals surface area contributed by atoms with Gasteiger partial charge < -0.3 is 4.43 Å². The maximum atomic E-state index is 11.3. The molecule has 0 amide bonds. The van der Waals surface area contributed by atoms with Crippen LogP contribution in [0.4, 0.5) is 0 Å². The number of rotatable bonds is 2. The highest BCUT2D eigenvalue weighted by atomic mass is 28.2. The van der Waals surface area contributed by atoms with Crippen LogP contribution in [0.15, 0.2) is 24.3 Å². The molecule has 0 fully saturated rings. The van der Waals surface area contributed by atoms with Crippen LogP contribution in [-0.4, -0.2) is 16.5 Å². The van der Waals surface area contributed by atoms with Gasteiger partial charge in [0.25, 0.3) is 5.97 Å². The van der Waals surface area contributed by atoms with E-state index in [2.05, 4.69) is 0 Å². The van der Waals surface area contributed by atoms with Gasteiger partial charge in [0.1, 0.15) is 0 Å². The summed E-state index contributed by atoms with van der Waals surface area (Å²) in [5, 5.41) is 0. The molecular weight excluding hydrogens is 180 g/mol. The summed E-state index contributed by atoms with van der Waals surface area (Å²) in [5.74, 6) is -0.264. The summed E-state index contributed by atoms with van der Waals surface area (Å²) in [5.41, 5.74) is 2.20. The van der Waals surface area contributed by atoms with Gasteiger partial charge in [-0.1, -0.05) is 24.3 Å². The van der Waals surface area contributed by atoms with Gasteiger partial charge in [-0.2, -0.15) is 0 Å². The third kappa shape index (κ3) is 2.18. The zero-order chi connectivity index (χ0) is 9.84. The quantitative estimate of drug-likeness (QED) is 0.654. The third-order valence-corrected chi connectivity index (χ3v) is 2.61. The Kier molecular flexibility index (Phi) is 3.25. The van der Waals surface area contributed by atoms with E-state index in [0.717, 1.165) is 11.1 Å². The maximum Gasteiger partial charge on any atom is 0.299 e. The van der Waals surface area contributed by atoms with Gasteiger partial charge >= 0.3 is 0 Å². The van der Waals surface area contributed by atoms with Gasteiger partial charge in [-0.15, -0.1) is 0 Å². The Labute approximate surface area is 81.5 Å². The van der Waals surface area contributed by atoms with E-state index in [4.69, 9.17) is 4.43 Å². The molecule has 0 N–H and O–H groups in total. The van der Waals surface area contributed by atoms with Crippen LogP contribution in [-0.2, 0) is 9.22 Å². The molecule has 0 aliphatic carbocycles. The number of hydrogen-bond donors (Lipinski definition) is 0. The van der Waals surface area contributed by atoms with Crippen molar-refractivity contribution in [1.29, 1.82) is 0 Å². The van der Waals surface area contributed by atoms with E-state index < -0.39 is 0 Å². The molecule has 0 aromatic heterocycles. The topological polar surface area (TPSA) is 26.3 Å². The number of aryl methyl sites for hydroxylation is 1. The SMILES string of the molecule is Cc1ccccc1C(C)C(=O)O[SiH3]. The molecule has 0 spiro atoms. The summed E-state index contributed by atoms with van der Waals surface area (Å²) in [7, 11) is 0.470. The molecule has 1 unspecified atom stereocenters. The van der Waals surface area contributed by atoms with Crippen molar-refractivity contribution in [2.24, 2.45) is 0 Å². The second-order valence-electron chi connectivity index (χ2n) is 3.10. The second-order valence-corrected chi connectivity index (χ2v) is 3.51. The van der Waals surface area contributed by atoms with Crippen molar-refractivity contribution in [3.05, 3.63) is 35.4 Å². The smallest absolute Gasteiger partial charge is 0.299 e. The molecule has 0 aliphatic heterocycles. The molecule has 0 radical (unpaired) electrons. The van der Waals surface area contributed by atoms with Crippen molar-refractivity contribution >= 4 is 16.5 Å². The van der Waals surface area contributed by atoms with Crippen LogP contribution < -0.4 is 0 Å². The van der Waals surface area contributed by atoms with Crippen molar-refractivity contribution in [2.75, 3.05) is 0 Å². The molecule has 0 heterocycles. The number of carbonyl (C=O) groups excluding carboxylic acids is 1. The lowest BCUT2D eigenvalue weighted by Crippen LogP contribution is -2.12. The van der Waals surface area contributed by atoms with Crippen molar-refractivity contribution in [3.8, 4) is 0 Å². The largest absolute Gasteiger partial charge is 0.528 e. The van der Waals surface area contributed by atoms with Gasteiger partial charge in [-0.25, -0.2) is 0 Å². The van der Waals surface area contributed by atoms with Crippen LogP contribution in [0, 0.1) is 6.92 Å². The third-order valence-electron chi connectivity index (χ3n) is 2.21. The molecule has 0 saturated heterocycles.